The average molecular weight is 408 g/mol. The molecule has 136 valence electrons. The molecule has 0 bridgehead atoms. The number of methoxy groups -OCH3 is 1. The van der Waals surface area contributed by atoms with Crippen molar-refractivity contribution in [1.29, 1.82) is 0 Å². The van der Waals surface area contributed by atoms with Gasteiger partial charge >= 0.3 is 0 Å². The van der Waals surface area contributed by atoms with Gasteiger partial charge in [-0.3, -0.25) is 0 Å². The van der Waals surface area contributed by atoms with Gasteiger partial charge in [-0.15, -0.1) is 11.3 Å². The number of nitrogens with one attached hydrogen (secondary N) is 1. The highest BCUT2D eigenvalue weighted by Crippen LogP contribution is 2.32. The number of benzene rings is 2. The number of rotatable bonds is 8. The highest BCUT2D eigenvalue weighted by atomic mass is 35.5. The average Bonchev–Trinajstić information content (AvgIpc) is 3.16. The van der Waals surface area contributed by atoms with Crippen molar-refractivity contribution < 1.29 is 9.47 Å². The van der Waals surface area contributed by atoms with Crippen LogP contribution in [-0.2, 0) is 19.7 Å². The van der Waals surface area contributed by atoms with Gasteiger partial charge in [0.05, 0.1) is 17.2 Å². The number of para-hydroxylation sites is 1. The second-order valence-corrected chi connectivity index (χ2v) is 7.52. The largest absolute Gasteiger partial charge is 0.493 e. The molecule has 3 rings (SSSR count). The molecule has 0 saturated carbocycles. The summed E-state index contributed by atoms with van der Waals surface area (Å²) < 4.78 is 11.5. The molecule has 0 radical (unpaired) electrons. The Bertz CT molecular complexity index is 853. The van der Waals surface area contributed by atoms with Gasteiger partial charge in [0.2, 0.25) is 0 Å². The van der Waals surface area contributed by atoms with E-state index in [1.807, 2.05) is 30.3 Å². The first-order valence-corrected chi connectivity index (χ1v) is 9.76. The zero-order chi connectivity index (χ0) is 18.4. The molecule has 0 fully saturated rings. The second-order valence-electron chi connectivity index (χ2n) is 5.67. The molecule has 1 heterocycles. The van der Waals surface area contributed by atoms with Crippen molar-refractivity contribution in [2.75, 3.05) is 7.11 Å². The van der Waals surface area contributed by atoms with Crippen molar-refractivity contribution in [3.63, 3.8) is 0 Å². The minimum absolute atomic E-state index is 0.384. The van der Waals surface area contributed by atoms with Crippen molar-refractivity contribution in [3.05, 3.63) is 80.0 Å². The molecule has 3 aromatic rings. The highest BCUT2D eigenvalue weighted by molar-refractivity contribution is 7.09. The molecule has 2 aromatic carbocycles. The molecule has 1 aromatic heterocycles. The lowest BCUT2D eigenvalue weighted by Crippen LogP contribution is -2.13. The predicted molar refractivity (Wildman–Crippen MR) is 109 cm³/mol. The summed E-state index contributed by atoms with van der Waals surface area (Å²) >= 11 is 13.8. The zero-order valence-electron chi connectivity index (χ0n) is 14.3. The quantitative estimate of drug-likeness (QED) is 0.501. The number of ether oxygens (including phenoxy) is 2. The molecule has 0 spiro atoms. The molecule has 0 aliphatic rings. The van der Waals surface area contributed by atoms with Gasteiger partial charge in [-0.1, -0.05) is 47.5 Å². The van der Waals surface area contributed by atoms with Gasteiger partial charge in [-0.05, 0) is 35.2 Å². The van der Waals surface area contributed by atoms with Crippen LogP contribution in [0.3, 0.4) is 0 Å². The lowest BCUT2D eigenvalue weighted by atomic mass is 10.1. The zero-order valence-corrected chi connectivity index (χ0v) is 16.6. The van der Waals surface area contributed by atoms with E-state index in [1.54, 1.807) is 24.5 Å². The normalized spacial score (nSPS) is 10.7. The van der Waals surface area contributed by atoms with Crippen molar-refractivity contribution in [1.82, 2.24) is 5.32 Å². The predicted octanol–water partition coefficient (Wildman–Crippen LogP) is 5.93. The van der Waals surface area contributed by atoms with Gasteiger partial charge in [0, 0.05) is 23.5 Å². The molecule has 0 aliphatic carbocycles. The van der Waals surface area contributed by atoms with Gasteiger partial charge in [0.1, 0.15) is 6.61 Å². The van der Waals surface area contributed by atoms with Crippen molar-refractivity contribution in [2.45, 2.75) is 19.7 Å². The molecule has 3 nitrogen and oxygen atoms in total. The fourth-order valence-corrected chi connectivity index (χ4v) is 3.54. The van der Waals surface area contributed by atoms with Crippen LogP contribution in [-0.4, -0.2) is 7.11 Å². The summed E-state index contributed by atoms with van der Waals surface area (Å²) in [6, 6.07) is 15.6. The molecule has 0 aliphatic heterocycles. The van der Waals surface area contributed by atoms with Crippen LogP contribution in [0.15, 0.2) is 53.9 Å². The summed E-state index contributed by atoms with van der Waals surface area (Å²) in [7, 11) is 1.64. The minimum atomic E-state index is 0.384. The van der Waals surface area contributed by atoms with E-state index >= 15 is 0 Å². The fraction of sp³-hybridized carbons (Fsp3) is 0.200. The first-order chi connectivity index (χ1) is 12.7. The van der Waals surface area contributed by atoms with Crippen molar-refractivity contribution in [3.8, 4) is 11.5 Å². The van der Waals surface area contributed by atoms with E-state index in [9.17, 15) is 0 Å². The van der Waals surface area contributed by atoms with E-state index < -0.39 is 0 Å². The smallest absolute Gasteiger partial charge is 0.166 e. The standard InChI is InChI=1S/C20H19Cl2NO2S/c1-24-19-6-2-4-15(11-23-12-16-5-3-9-26-16)20(19)25-13-14-7-8-17(21)18(22)10-14/h2-10,23H,11-13H2,1H3. The summed E-state index contributed by atoms with van der Waals surface area (Å²) in [5.74, 6) is 1.44. The van der Waals surface area contributed by atoms with Gasteiger partial charge in [-0.2, -0.15) is 0 Å². The third-order valence-electron chi connectivity index (χ3n) is 3.84. The van der Waals surface area contributed by atoms with Crippen LogP contribution >= 0.6 is 34.5 Å². The van der Waals surface area contributed by atoms with Crippen LogP contribution in [0, 0.1) is 0 Å². The van der Waals surface area contributed by atoms with Crippen LogP contribution in [0.2, 0.25) is 10.0 Å². The summed E-state index contributed by atoms with van der Waals surface area (Å²) in [5.41, 5.74) is 1.99. The lowest BCUT2D eigenvalue weighted by Gasteiger charge is -2.16. The van der Waals surface area contributed by atoms with E-state index in [1.165, 1.54) is 4.88 Å². The Morgan fingerprint density at radius 2 is 1.88 bits per heavy atom. The topological polar surface area (TPSA) is 30.5 Å². The molecule has 1 N–H and O–H groups in total. The van der Waals surface area contributed by atoms with Gasteiger partial charge in [-0.25, -0.2) is 0 Å². The molecule has 26 heavy (non-hydrogen) atoms. The van der Waals surface area contributed by atoms with E-state index in [-0.39, 0.29) is 0 Å². The number of hydrogen-bond donors (Lipinski definition) is 1. The maximum atomic E-state index is 6.08. The van der Waals surface area contributed by atoms with Crippen LogP contribution < -0.4 is 14.8 Å². The highest BCUT2D eigenvalue weighted by Gasteiger charge is 2.11. The second kappa shape index (κ2) is 9.28. The monoisotopic (exact) mass is 407 g/mol. The Balaban J connectivity index is 1.70. The summed E-state index contributed by atoms with van der Waals surface area (Å²) in [6.45, 7) is 1.89. The number of hydrogen-bond acceptors (Lipinski definition) is 4. The van der Waals surface area contributed by atoms with Gasteiger partial charge in [0.25, 0.3) is 0 Å². The summed E-state index contributed by atoms with van der Waals surface area (Å²) in [5, 5.41) is 6.58. The Kier molecular flexibility index (Phi) is 6.80. The molecule has 6 heteroatoms. The van der Waals surface area contributed by atoms with Crippen LogP contribution in [0.4, 0.5) is 0 Å². The van der Waals surface area contributed by atoms with Gasteiger partial charge < -0.3 is 14.8 Å². The molecule has 0 amide bonds. The van der Waals surface area contributed by atoms with E-state index in [0.29, 0.717) is 28.9 Å². The fourth-order valence-electron chi connectivity index (χ4n) is 2.54. The summed E-state index contributed by atoms with van der Waals surface area (Å²) in [6.07, 6.45) is 0. The van der Waals surface area contributed by atoms with Crippen molar-refractivity contribution >= 4 is 34.5 Å². The lowest BCUT2D eigenvalue weighted by molar-refractivity contribution is 0.280. The molecule has 0 unspecified atom stereocenters. The summed E-state index contributed by atoms with van der Waals surface area (Å²) in [4.78, 5) is 1.30. The molecular formula is C20H19Cl2NO2S. The molecule has 0 saturated heterocycles. The number of halogens is 2. The third kappa shape index (κ3) is 4.92. The molecule has 0 atom stereocenters. The van der Waals surface area contributed by atoms with Crippen LogP contribution in [0.25, 0.3) is 0 Å². The third-order valence-corrected chi connectivity index (χ3v) is 5.46. The van der Waals surface area contributed by atoms with E-state index in [2.05, 4.69) is 22.8 Å². The SMILES string of the molecule is COc1cccc(CNCc2cccs2)c1OCc1ccc(Cl)c(Cl)c1. The van der Waals surface area contributed by atoms with E-state index in [0.717, 1.165) is 23.4 Å². The first-order valence-electron chi connectivity index (χ1n) is 8.13. The minimum Gasteiger partial charge on any atom is -0.493 e. The van der Waals surface area contributed by atoms with Crippen LogP contribution in [0.5, 0.6) is 11.5 Å². The number of thiophene rings is 1. The van der Waals surface area contributed by atoms with Gasteiger partial charge in [0.15, 0.2) is 11.5 Å². The van der Waals surface area contributed by atoms with Crippen LogP contribution in [0.1, 0.15) is 16.0 Å². The van der Waals surface area contributed by atoms with E-state index in [4.69, 9.17) is 32.7 Å². The molecular weight excluding hydrogens is 389 g/mol. The Morgan fingerprint density at radius 1 is 1.00 bits per heavy atom. The maximum absolute atomic E-state index is 6.08. The van der Waals surface area contributed by atoms with Crippen molar-refractivity contribution in [2.24, 2.45) is 0 Å². The Morgan fingerprint density at radius 3 is 2.62 bits per heavy atom. The Labute approximate surface area is 167 Å². The Hall–Kier alpha value is -1.72. The maximum Gasteiger partial charge on any atom is 0.166 e. The first kappa shape index (κ1) is 19.1.